The molecule has 1 heterocycles. The lowest BCUT2D eigenvalue weighted by atomic mass is 10.1. The van der Waals surface area contributed by atoms with Crippen LogP contribution in [0.5, 0.6) is 5.75 Å². The Balaban J connectivity index is 1.41. The van der Waals surface area contributed by atoms with Gasteiger partial charge in [-0.05, 0) is 54.6 Å². The fourth-order valence-corrected chi connectivity index (χ4v) is 4.55. The van der Waals surface area contributed by atoms with E-state index in [1.54, 1.807) is 17.4 Å². The molecule has 0 aliphatic rings. The molecule has 3 aromatic carbocycles. The average molecular weight is 443 g/mol. The summed E-state index contributed by atoms with van der Waals surface area (Å²) in [7, 11) is 0. The number of carbonyl (C=O) groups is 1. The van der Waals surface area contributed by atoms with E-state index in [1.165, 1.54) is 4.88 Å². The number of nitrogens with one attached hydrogen (secondary N) is 1. The number of hydrogen-bond donors (Lipinski definition) is 1. The minimum absolute atomic E-state index is 0.235. The number of carbonyl (C=O) groups excluding carboxylic acids is 1. The molecule has 0 fully saturated rings. The molecule has 5 heteroatoms. The van der Waals surface area contributed by atoms with Gasteiger partial charge in [0.15, 0.2) is 0 Å². The van der Waals surface area contributed by atoms with Crippen molar-refractivity contribution >= 4 is 33.7 Å². The van der Waals surface area contributed by atoms with Gasteiger partial charge in [0, 0.05) is 15.8 Å². The number of aryl methyl sites for hydroxylation is 1. The highest BCUT2D eigenvalue weighted by Crippen LogP contribution is 2.26. The molecule has 32 heavy (non-hydrogen) atoms. The smallest absolute Gasteiger partial charge is 0.271 e. The second-order valence-corrected chi connectivity index (χ2v) is 8.79. The van der Waals surface area contributed by atoms with Crippen molar-refractivity contribution in [3.63, 3.8) is 0 Å². The molecule has 0 atom stereocenters. The summed E-state index contributed by atoms with van der Waals surface area (Å²) < 4.78 is 6.06. The van der Waals surface area contributed by atoms with Crippen molar-refractivity contribution in [2.45, 2.75) is 33.3 Å². The molecule has 1 amide bonds. The van der Waals surface area contributed by atoms with Crippen LogP contribution in [0.4, 0.5) is 0 Å². The number of amides is 1. The van der Waals surface area contributed by atoms with Gasteiger partial charge in [0.25, 0.3) is 5.91 Å². The Hall–Kier alpha value is -3.44. The van der Waals surface area contributed by atoms with E-state index >= 15 is 0 Å². The average Bonchev–Trinajstić information content (AvgIpc) is 3.30. The Labute approximate surface area is 192 Å². The maximum Gasteiger partial charge on any atom is 0.271 e. The first-order valence-electron chi connectivity index (χ1n) is 10.8. The van der Waals surface area contributed by atoms with E-state index in [4.69, 9.17) is 4.74 Å². The Morgan fingerprint density at radius 3 is 2.69 bits per heavy atom. The van der Waals surface area contributed by atoms with E-state index in [0.717, 1.165) is 45.5 Å². The van der Waals surface area contributed by atoms with Crippen molar-refractivity contribution in [1.29, 1.82) is 0 Å². The SMILES string of the molecule is CCCc1ccc(/C(C)=N/NC(=O)c2cccc(COc3cccc4ccccc34)c2)s1. The highest BCUT2D eigenvalue weighted by molar-refractivity contribution is 7.14. The number of fused-ring (bicyclic) bond motifs is 1. The largest absolute Gasteiger partial charge is 0.488 e. The third-order valence-corrected chi connectivity index (χ3v) is 6.43. The molecule has 0 aliphatic carbocycles. The molecule has 0 aliphatic heterocycles. The second-order valence-electron chi connectivity index (χ2n) is 7.62. The maximum atomic E-state index is 12.6. The van der Waals surface area contributed by atoms with Crippen LogP contribution in [-0.2, 0) is 13.0 Å². The summed E-state index contributed by atoms with van der Waals surface area (Å²) in [4.78, 5) is 15.0. The Bertz CT molecular complexity index is 1250. The van der Waals surface area contributed by atoms with Gasteiger partial charge in [0.2, 0.25) is 0 Å². The molecule has 4 nitrogen and oxygen atoms in total. The first kappa shape index (κ1) is 21.8. The van der Waals surface area contributed by atoms with Gasteiger partial charge in [0.05, 0.1) is 10.6 Å². The lowest BCUT2D eigenvalue weighted by molar-refractivity contribution is 0.0954. The third-order valence-electron chi connectivity index (χ3n) is 5.17. The summed E-state index contributed by atoms with van der Waals surface area (Å²) in [5.74, 6) is 0.596. The van der Waals surface area contributed by atoms with Gasteiger partial charge in [-0.1, -0.05) is 61.9 Å². The maximum absolute atomic E-state index is 12.6. The van der Waals surface area contributed by atoms with Crippen LogP contribution in [0.1, 0.15) is 45.9 Å². The van der Waals surface area contributed by atoms with Crippen LogP contribution in [0.2, 0.25) is 0 Å². The van der Waals surface area contributed by atoms with Crippen LogP contribution in [0.15, 0.2) is 84.0 Å². The zero-order chi connectivity index (χ0) is 22.3. The zero-order valence-electron chi connectivity index (χ0n) is 18.3. The van der Waals surface area contributed by atoms with Gasteiger partial charge in [-0.2, -0.15) is 5.10 Å². The normalized spacial score (nSPS) is 11.5. The van der Waals surface area contributed by atoms with E-state index in [1.807, 2.05) is 55.5 Å². The summed E-state index contributed by atoms with van der Waals surface area (Å²) in [5, 5.41) is 6.51. The van der Waals surface area contributed by atoms with E-state index in [2.05, 4.69) is 41.7 Å². The number of nitrogens with zero attached hydrogens (tertiary/aromatic N) is 1. The lowest BCUT2D eigenvalue weighted by Crippen LogP contribution is -2.19. The fraction of sp³-hybridized carbons (Fsp3) is 0.185. The van der Waals surface area contributed by atoms with Crippen LogP contribution in [-0.4, -0.2) is 11.6 Å². The first-order valence-corrected chi connectivity index (χ1v) is 11.6. The van der Waals surface area contributed by atoms with Gasteiger partial charge in [-0.15, -0.1) is 11.3 Å². The van der Waals surface area contributed by atoms with E-state index in [-0.39, 0.29) is 5.91 Å². The van der Waals surface area contributed by atoms with Crippen LogP contribution >= 0.6 is 11.3 Å². The quantitative estimate of drug-likeness (QED) is 0.247. The Morgan fingerprint density at radius 1 is 1.00 bits per heavy atom. The van der Waals surface area contributed by atoms with Crippen molar-refractivity contribution in [1.82, 2.24) is 5.43 Å². The molecule has 0 bridgehead atoms. The molecule has 1 aromatic heterocycles. The number of rotatable bonds is 8. The van der Waals surface area contributed by atoms with Gasteiger partial charge in [-0.3, -0.25) is 4.79 Å². The van der Waals surface area contributed by atoms with Crippen LogP contribution < -0.4 is 10.2 Å². The van der Waals surface area contributed by atoms with Gasteiger partial charge in [0.1, 0.15) is 12.4 Å². The number of ether oxygens (including phenoxy) is 1. The summed E-state index contributed by atoms with van der Waals surface area (Å²) >= 11 is 1.72. The molecule has 1 N–H and O–H groups in total. The standard InChI is InChI=1S/C27H26N2O2S/c1-3-8-23-15-16-26(32-23)19(2)28-29-27(30)22-12-6-9-20(17-22)18-31-25-14-7-11-21-10-4-5-13-24(21)25/h4-7,9-17H,3,8,18H2,1-2H3,(H,29,30)/b28-19+. The zero-order valence-corrected chi connectivity index (χ0v) is 19.1. The van der Waals surface area contributed by atoms with Crippen molar-refractivity contribution in [3.8, 4) is 5.75 Å². The monoisotopic (exact) mass is 442 g/mol. The van der Waals surface area contributed by atoms with E-state index in [0.29, 0.717) is 12.2 Å². The Kier molecular flexibility index (Phi) is 6.97. The van der Waals surface area contributed by atoms with Crippen molar-refractivity contribution < 1.29 is 9.53 Å². The number of thiophene rings is 1. The molecule has 0 unspecified atom stereocenters. The molecule has 4 rings (SSSR count). The van der Waals surface area contributed by atoms with E-state index < -0.39 is 0 Å². The van der Waals surface area contributed by atoms with Crippen LogP contribution in [0.25, 0.3) is 10.8 Å². The third kappa shape index (κ3) is 5.24. The van der Waals surface area contributed by atoms with Crippen LogP contribution in [0, 0.1) is 0 Å². The molecule has 0 saturated carbocycles. The molecule has 0 spiro atoms. The Morgan fingerprint density at radius 2 is 1.81 bits per heavy atom. The van der Waals surface area contributed by atoms with Gasteiger partial charge < -0.3 is 4.74 Å². The number of hydrogen-bond acceptors (Lipinski definition) is 4. The fourth-order valence-electron chi connectivity index (χ4n) is 3.49. The number of benzene rings is 3. The first-order chi connectivity index (χ1) is 15.6. The molecule has 0 saturated heterocycles. The highest BCUT2D eigenvalue weighted by Gasteiger charge is 2.08. The molecule has 0 radical (unpaired) electrons. The predicted octanol–water partition coefficient (Wildman–Crippen LogP) is 6.59. The highest BCUT2D eigenvalue weighted by atomic mass is 32.1. The van der Waals surface area contributed by atoms with Crippen molar-refractivity contribution in [2.75, 3.05) is 0 Å². The minimum atomic E-state index is -0.235. The molecular weight excluding hydrogens is 416 g/mol. The lowest BCUT2D eigenvalue weighted by Gasteiger charge is -2.10. The predicted molar refractivity (Wildman–Crippen MR) is 133 cm³/mol. The van der Waals surface area contributed by atoms with Crippen molar-refractivity contribution in [2.24, 2.45) is 5.10 Å². The molecule has 162 valence electrons. The van der Waals surface area contributed by atoms with E-state index in [9.17, 15) is 4.79 Å². The van der Waals surface area contributed by atoms with Gasteiger partial charge in [-0.25, -0.2) is 5.43 Å². The summed E-state index contributed by atoms with van der Waals surface area (Å²) in [5.41, 5.74) is 4.96. The molecular formula is C27H26N2O2S. The minimum Gasteiger partial charge on any atom is -0.488 e. The number of hydrazone groups is 1. The van der Waals surface area contributed by atoms with Crippen molar-refractivity contribution in [3.05, 3.63) is 99.7 Å². The van der Waals surface area contributed by atoms with Crippen LogP contribution in [0.3, 0.4) is 0 Å². The molecule has 4 aromatic rings. The van der Waals surface area contributed by atoms with Gasteiger partial charge >= 0.3 is 0 Å². The summed E-state index contributed by atoms with van der Waals surface area (Å²) in [6.45, 7) is 4.46. The summed E-state index contributed by atoms with van der Waals surface area (Å²) in [6, 6.07) is 25.8. The second kappa shape index (κ2) is 10.2. The topological polar surface area (TPSA) is 50.7 Å². The summed E-state index contributed by atoms with van der Waals surface area (Å²) in [6.07, 6.45) is 2.19.